The molecule has 0 unspecified atom stereocenters. The fourth-order valence-electron chi connectivity index (χ4n) is 3.12. The minimum absolute atomic E-state index is 0.0589. The molecule has 0 spiro atoms. The summed E-state index contributed by atoms with van der Waals surface area (Å²) in [6.07, 6.45) is 0. The van der Waals surface area contributed by atoms with Crippen LogP contribution in [0.4, 0.5) is 0 Å². The van der Waals surface area contributed by atoms with E-state index in [1.54, 1.807) is 13.2 Å². The van der Waals surface area contributed by atoms with Gasteiger partial charge in [0.05, 0.1) is 22.7 Å². The Kier molecular flexibility index (Phi) is 4.60. The maximum atomic E-state index is 11.6. The van der Waals surface area contributed by atoms with Gasteiger partial charge >= 0.3 is 5.97 Å². The maximum absolute atomic E-state index is 11.6. The lowest BCUT2D eigenvalue weighted by Crippen LogP contribution is -2.01. The van der Waals surface area contributed by atoms with Crippen molar-refractivity contribution in [3.8, 4) is 28.1 Å². The molecule has 0 radical (unpaired) electrons. The summed E-state index contributed by atoms with van der Waals surface area (Å²) in [6.45, 7) is 2.02. The van der Waals surface area contributed by atoms with Gasteiger partial charge in [-0.25, -0.2) is 9.78 Å². The first-order valence-electron chi connectivity index (χ1n) is 8.51. The zero-order valence-corrected chi connectivity index (χ0v) is 16.7. The minimum Gasteiger partial charge on any atom is -0.496 e. The highest BCUT2D eigenvalue weighted by atomic mass is 79.9. The summed E-state index contributed by atoms with van der Waals surface area (Å²) >= 11 is 3.50. The molecule has 2 aromatic heterocycles. The van der Waals surface area contributed by atoms with Crippen molar-refractivity contribution in [3.05, 3.63) is 64.3 Å². The number of nitrogens with zero attached hydrogens (tertiary/aromatic N) is 2. The van der Waals surface area contributed by atoms with E-state index in [2.05, 4.69) is 31.1 Å². The first-order valence-corrected chi connectivity index (χ1v) is 9.30. The Morgan fingerprint density at radius 2 is 1.82 bits per heavy atom. The van der Waals surface area contributed by atoms with E-state index in [1.165, 1.54) is 0 Å². The zero-order valence-electron chi connectivity index (χ0n) is 15.2. The number of nitrogens with one attached hydrogen (secondary N) is 1. The number of aryl methyl sites for hydroxylation is 1. The van der Waals surface area contributed by atoms with Crippen LogP contribution in [0.15, 0.2) is 53.0 Å². The van der Waals surface area contributed by atoms with Crippen LogP contribution in [0.1, 0.15) is 16.1 Å². The van der Waals surface area contributed by atoms with Gasteiger partial charge in [-0.15, -0.1) is 0 Å². The Labute approximate surface area is 169 Å². The Balaban J connectivity index is 2.02. The van der Waals surface area contributed by atoms with Crippen LogP contribution in [0, 0.1) is 6.92 Å². The zero-order chi connectivity index (χ0) is 19.8. The molecule has 2 heterocycles. The normalized spacial score (nSPS) is 11.0. The molecule has 4 rings (SSSR count). The Morgan fingerprint density at radius 1 is 1.11 bits per heavy atom. The number of halogens is 1. The van der Waals surface area contributed by atoms with E-state index in [9.17, 15) is 9.90 Å². The van der Waals surface area contributed by atoms with Gasteiger partial charge in [0.25, 0.3) is 0 Å². The monoisotopic (exact) mass is 437 g/mol. The second-order valence-electron chi connectivity index (χ2n) is 6.37. The molecule has 2 aromatic carbocycles. The number of ether oxygens (including phenoxy) is 1. The van der Waals surface area contributed by atoms with Gasteiger partial charge in [0.1, 0.15) is 5.75 Å². The minimum atomic E-state index is -1.10. The van der Waals surface area contributed by atoms with Gasteiger partial charge in [0, 0.05) is 5.56 Å². The molecule has 0 aliphatic heterocycles. The maximum Gasteiger partial charge on any atom is 0.354 e. The van der Waals surface area contributed by atoms with Crippen LogP contribution in [-0.4, -0.2) is 33.4 Å². The summed E-state index contributed by atoms with van der Waals surface area (Å²) in [5, 5.41) is 17.5. The lowest BCUT2D eigenvalue weighted by Gasteiger charge is -2.10. The van der Waals surface area contributed by atoms with E-state index in [4.69, 9.17) is 4.74 Å². The van der Waals surface area contributed by atoms with Crippen LogP contribution in [0.25, 0.3) is 33.4 Å². The number of rotatable bonds is 4. The number of aromatic nitrogens is 3. The Bertz CT molecular complexity index is 1200. The molecular weight excluding hydrogens is 422 g/mol. The molecule has 0 bridgehead atoms. The van der Waals surface area contributed by atoms with Gasteiger partial charge in [-0.05, 0) is 52.2 Å². The van der Waals surface area contributed by atoms with Crippen molar-refractivity contribution in [1.29, 1.82) is 0 Å². The number of hydrogen-bond donors (Lipinski definition) is 2. The fourth-order valence-corrected chi connectivity index (χ4v) is 3.66. The molecule has 0 saturated heterocycles. The molecule has 28 heavy (non-hydrogen) atoms. The number of carboxylic acid groups (broad SMARTS) is 1. The van der Waals surface area contributed by atoms with Crippen molar-refractivity contribution in [2.24, 2.45) is 0 Å². The summed E-state index contributed by atoms with van der Waals surface area (Å²) in [5.74, 6) is -0.408. The number of fused-ring (bicyclic) bond motifs is 1. The number of hydrogen-bond acceptors (Lipinski definition) is 4. The molecule has 0 aliphatic rings. The molecule has 0 atom stereocenters. The van der Waals surface area contributed by atoms with Crippen molar-refractivity contribution in [3.63, 3.8) is 0 Å². The standard InChI is InChI=1S/C21H16BrN3O3/c1-11-3-5-12(6-4-11)19-18-14(13-7-8-17(28-2)15(22)9-13)10-16(21(26)27)23-20(18)25-24-19/h3-10H,1-2H3,(H,26,27)(H,23,24,25). The summed E-state index contributed by atoms with van der Waals surface area (Å²) in [7, 11) is 1.60. The number of aromatic amines is 1. The summed E-state index contributed by atoms with van der Waals surface area (Å²) in [4.78, 5) is 15.8. The fraction of sp³-hybridized carbons (Fsp3) is 0.0952. The number of carbonyl (C=O) groups is 1. The number of carboxylic acids is 1. The van der Waals surface area contributed by atoms with Crippen LogP contribution < -0.4 is 4.74 Å². The van der Waals surface area contributed by atoms with Gasteiger partial charge in [-0.2, -0.15) is 5.10 Å². The lowest BCUT2D eigenvalue weighted by molar-refractivity contribution is 0.0691. The van der Waals surface area contributed by atoms with E-state index in [1.807, 2.05) is 49.4 Å². The third-order valence-electron chi connectivity index (χ3n) is 4.55. The number of methoxy groups -OCH3 is 1. The summed E-state index contributed by atoms with van der Waals surface area (Å²) < 4.78 is 6.08. The molecule has 4 aromatic rings. The molecule has 0 fully saturated rings. The highest BCUT2D eigenvalue weighted by Gasteiger charge is 2.19. The lowest BCUT2D eigenvalue weighted by atomic mass is 9.98. The first-order chi connectivity index (χ1) is 13.5. The number of H-pyrrole nitrogens is 1. The molecule has 0 saturated carbocycles. The van der Waals surface area contributed by atoms with Gasteiger partial charge in [-0.3, -0.25) is 5.10 Å². The Hall–Kier alpha value is -3.19. The van der Waals surface area contributed by atoms with Gasteiger partial charge in [0.15, 0.2) is 11.3 Å². The smallest absolute Gasteiger partial charge is 0.354 e. The van der Waals surface area contributed by atoms with E-state index in [0.717, 1.165) is 37.8 Å². The van der Waals surface area contributed by atoms with Crippen molar-refractivity contribution in [1.82, 2.24) is 15.2 Å². The number of aromatic carboxylic acids is 1. The first kappa shape index (κ1) is 18.2. The molecule has 6 nitrogen and oxygen atoms in total. The van der Waals surface area contributed by atoms with E-state index in [0.29, 0.717) is 11.4 Å². The predicted octanol–water partition coefficient (Wildman–Crippen LogP) is 5.07. The van der Waals surface area contributed by atoms with E-state index >= 15 is 0 Å². The molecule has 2 N–H and O–H groups in total. The SMILES string of the molecule is COc1ccc(-c2cc(C(=O)O)nc3n[nH]c(-c4ccc(C)cc4)c23)cc1Br. The van der Waals surface area contributed by atoms with Crippen LogP contribution in [-0.2, 0) is 0 Å². The largest absolute Gasteiger partial charge is 0.496 e. The Morgan fingerprint density at radius 3 is 2.46 bits per heavy atom. The quantitative estimate of drug-likeness (QED) is 0.465. The second-order valence-corrected chi connectivity index (χ2v) is 7.23. The van der Waals surface area contributed by atoms with Crippen LogP contribution in [0.5, 0.6) is 5.75 Å². The topological polar surface area (TPSA) is 88.1 Å². The summed E-state index contributed by atoms with van der Waals surface area (Å²) in [6, 6.07) is 15.2. The molecule has 140 valence electrons. The van der Waals surface area contributed by atoms with Gasteiger partial charge in [0.2, 0.25) is 0 Å². The molecule has 7 heteroatoms. The van der Waals surface area contributed by atoms with Gasteiger partial charge < -0.3 is 9.84 Å². The molecule has 0 aliphatic carbocycles. The predicted molar refractivity (Wildman–Crippen MR) is 111 cm³/mol. The van der Waals surface area contributed by atoms with E-state index in [-0.39, 0.29) is 5.69 Å². The average molecular weight is 438 g/mol. The number of benzene rings is 2. The average Bonchev–Trinajstić information content (AvgIpc) is 3.12. The van der Waals surface area contributed by atoms with E-state index < -0.39 is 5.97 Å². The summed E-state index contributed by atoms with van der Waals surface area (Å²) in [5.41, 5.74) is 4.76. The van der Waals surface area contributed by atoms with Crippen molar-refractivity contribution < 1.29 is 14.6 Å². The van der Waals surface area contributed by atoms with Crippen LogP contribution in [0.3, 0.4) is 0 Å². The van der Waals surface area contributed by atoms with Crippen molar-refractivity contribution >= 4 is 32.9 Å². The third-order valence-corrected chi connectivity index (χ3v) is 5.17. The van der Waals surface area contributed by atoms with Crippen molar-refractivity contribution in [2.75, 3.05) is 7.11 Å². The highest BCUT2D eigenvalue weighted by molar-refractivity contribution is 9.10. The highest BCUT2D eigenvalue weighted by Crippen LogP contribution is 2.37. The third kappa shape index (κ3) is 3.14. The van der Waals surface area contributed by atoms with Crippen LogP contribution in [0.2, 0.25) is 0 Å². The van der Waals surface area contributed by atoms with Crippen LogP contribution >= 0.6 is 15.9 Å². The number of pyridine rings is 1. The molecule has 0 amide bonds. The van der Waals surface area contributed by atoms with Gasteiger partial charge in [-0.1, -0.05) is 35.9 Å². The second kappa shape index (κ2) is 7.09. The molecular formula is C21H16BrN3O3. The van der Waals surface area contributed by atoms with Crippen molar-refractivity contribution in [2.45, 2.75) is 6.92 Å².